The van der Waals surface area contributed by atoms with Crippen LogP contribution < -0.4 is 11.1 Å². The Morgan fingerprint density at radius 1 is 1.06 bits per heavy atom. The minimum absolute atomic E-state index is 0.586. The molecule has 2 bridgehead atoms. The minimum Gasteiger partial charge on any atom is -0.370 e. The Bertz CT molecular complexity index is 307. The normalized spacial score (nSPS) is 37.1. The number of nitrogens with one attached hydrogen (secondary N) is 1. The molecule has 3 aliphatic rings. The van der Waals surface area contributed by atoms with Crippen molar-refractivity contribution in [3.63, 3.8) is 0 Å². The van der Waals surface area contributed by atoms with Crippen LogP contribution >= 0.6 is 0 Å². The number of nitrogens with two attached hydrogens (primary N) is 1. The summed E-state index contributed by atoms with van der Waals surface area (Å²) in [6, 6.07) is 0.586. The largest absolute Gasteiger partial charge is 0.370 e. The maximum atomic E-state index is 6.02. The van der Waals surface area contributed by atoms with Crippen LogP contribution in [0.1, 0.15) is 57.8 Å². The van der Waals surface area contributed by atoms with E-state index in [1.807, 2.05) is 0 Å². The van der Waals surface area contributed by atoms with E-state index in [0.29, 0.717) is 12.0 Å². The molecule has 3 atom stereocenters. The summed E-state index contributed by atoms with van der Waals surface area (Å²) in [6.45, 7) is 0.965. The van der Waals surface area contributed by atoms with Crippen LogP contribution in [0.5, 0.6) is 0 Å². The summed E-state index contributed by atoms with van der Waals surface area (Å²) in [5.74, 6) is 3.50. The third-order valence-electron chi connectivity index (χ3n) is 5.34. The Morgan fingerprint density at radius 3 is 2.56 bits per heavy atom. The maximum Gasteiger partial charge on any atom is 0.188 e. The molecule has 3 rings (SSSR count). The molecule has 3 nitrogen and oxygen atoms in total. The van der Waals surface area contributed by atoms with Crippen molar-refractivity contribution in [2.75, 3.05) is 6.54 Å². The fraction of sp³-hybridized carbons (Fsp3) is 0.933. The second-order valence-electron chi connectivity index (χ2n) is 6.64. The van der Waals surface area contributed by atoms with E-state index < -0.39 is 0 Å². The van der Waals surface area contributed by atoms with Gasteiger partial charge in [0.2, 0.25) is 0 Å². The molecule has 0 aromatic carbocycles. The zero-order valence-electron chi connectivity index (χ0n) is 11.4. The summed E-state index contributed by atoms with van der Waals surface area (Å²) in [6.07, 6.45) is 12.4. The predicted octanol–water partition coefficient (Wildman–Crippen LogP) is 2.66. The van der Waals surface area contributed by atoms with Gasteiger partial charge in [0.25, 0.3) is 0 Å². The topological polar surface area (TPSA) is 50.4 Å². The Kier molecular flexibility index (Phi) is 3.76. The van der Waals surface area contributed by atoms with E-state index in [0.717, 1.165) is 24.3 Å². The number of hydrogen-bond acceptors (Lipinski definition) is 1. The van der Waals surface area contributed by atoms with E-state index in [2.05, 4.69) is 10.3 Å². The zero-order valence-corrected chi connectivity index (χ0v) is 11.4. The average molecular weight is 249 g/mol. The first-order valence-corrected chi connectivity index (χ1v) is 7.87. The highest BCUT2D eigenvalue weighted by atomic mass is 15.1. The molecule has 0 aromatic heterocycles. The Morgan fingerprint density at radius 2 is 1.89 bits per heavy atom. The van der Waals surface area contributed by atoms with Gasteiger partial charge in [-0.1, -0.05) is 25.7 Å². The summed E-state index contributed by atoms with van der Waals surface area (Å²) < 4.78 is 0. The molecule has 0 aromatic rings. The quantitative estimate of drug-likeness (QED) is 0.597. The van der Waals surface area contributed by atoms with Gasteiger partial charge in [0.1, 0.15) is 0 Å². The summed E-state index contributed by atoms with van der Waals surface area (Å²) in [7, 11) is 0. The molecular weight excluding hydrogens is 222 g/mol. The molecule has 102 valence electrons. The number of rotatable bonds is 3. The highest BCUT2D eigenvalue weighted by molar-refractivity contribution is 5.78. The van der Waals surface area contributed by atoms with Crippen molar-refractivity contribution in [2.24, 2.45) is 28.5 Å². The van der Waals surface area contributed by atoms with Crippen molar-refractivity contribution in [2.45, 2.75) is 63.8 Å². The smallest absolute Gasteiger partial charge is 0.188 e. The minimum atomic E-state index is 0.586. The van der Waals surface area contributed by atoms with E-state index in [-0.39, 0.29) is 0 Å². The van der Waals surface area contributed by atoms with Crippen LogP contribution in [-0.4, -0.2) is 18.5 Å². The molecule has 3 heteroatoms. The van der Waals surface area contributed by atoms with Crippen LogP contribution in [0.2, 0.25) is 0 Å². The van der Waals surface area contributed by atoms with Crippen molar-refractivity contribution in [1.82, 2.24) is 5.32 Å². The van der Waals surface area contributed by atoms with Gasteiger partial charge in [-0.2, -0.15) is 0 Å². The number of aliphatic imine (C=N–C) groups is 1. The van der Waals surface area contributed by atoms with E-state index in [1.165, 1.54) is 57.8 Å². The molecule has 3 aliphatic carbocycles. The number of fused-ring (bicyclic) bond motifs is 2. The van der Waals surface area contributed by atoms with Crippen molar-refractivity contribution in [3.8, 4) is 0 Å². The van der Waals surface area contributed by atoms with Gasteiger partial charge in [-0.3, -0.25) is 4.99 Å². The van der Waals surface area contributed by atoms with Gasteiger partial charge in [0.05, 0.1) is 0 Å². The lowest BCUT2D eigenvalue weighted by molar-refractivity contribution is 0.341. The molecule has 0 amide bonds. The molecule has 3 fully saturated rings. The first-order chi connectivity index (χ1) is 8.81. The van der Waals surface area contributed by atoms with Gasteiger partial charge in [0, 0.05) is 12.6 Å². The first kappa shape index (κ1) is 12.3. The molecule has 0 heterocycles. The summed E-state index contributed by atoms with van der Waals surface area (Å²) in [5.41, 5.74) is 6.02. The number of hydrogen-bond donors (Lipinski definition) is 2. The fourth-order valence-electron chi connectivity index (χ4n) is 4.32. The maximum absolute atomic E-state index is 6.02. The molecule has 0 saturated heterocycles. The standard InChI is InChI=1S/C15H27N3/c16-15(18-14-4-2-1-3-5-14)17-10-13-9-11-6-7-12(13)8-11/h11-14H,1-10H2,(H3,16,17,18). The number of nitrogens with zero attached hydrogens (tertiary/aromatic N) is 1. The third-order valence-corrected chi connectivity index (χ3v) is 5.34. The van der Waals surface area contributed by atoms with Crippen molar-refractivity contribution >= 4 is 5.96 Å². The van der Waals surface area contributed by atoms with E-state index in [9.17, 15) is 0 Å². The Hall–Kier alpha value is -0.730. The van der Waals surface area contributed by atoms with Gasteiger partial charge in [-0.05, 0) is 49.9 Å². The van der Waals surface area contributed by atoms with Crippen LogP contribution in [0.4, 0.5) is 0 Å². The molecule has 3 N–H and O–H groups in total. The van der Waals surface area contributed by atoms with E-state index in [1.54, 1.807) is 0 Å². The van der Waals surface area contributed by atoms with Gasteiger partial charge >= 0.3 is 0 Å². The van der Waals surface area contributed by atoms with Crippen LogP contribution in [0, 0.1) is 17.8 Å². The summed E-state index contributed by atoms with van der Waals surface area (Å²) in [4.78, 5) is 4.60. The first-order valence-electron chi connectivity index (χ1n) is 7.87. The molecule has 0 aliphatic heterocycles. The Balaban J connectivity index is 1.44. The van der Waals surface area contributed by atoms with Gasteiger partial charge in [-0.15, -0.1) is 0 Å². The third kappa shape index (κ3) is 2.81. The lowest BCUT2D eigenvalue weighted by Crippen LogP contribution is -2.41. The SMILES string of the molecule is NC(=NCC1CC2CCC1C2)NC1CCCCC1. The Labute approximate surface area is 111 Å². The molecule has 0 radical (unpaired) electrons. The highest BCUT2D eigenvalue weighted by Gasteiger charge is 2.39. The van der Waals surface area contributed by atoms with Crippen LogP contribution in [-0.2, 0) is 0 Å². The monoisotopic (exact) mass is 249 g/mol. The second kappa shape index (κ2) is 5.50. The van der Waals surface area contributed by atoms with Gasteiger partial charge < -0.3 is 11.1 Å². The van der Waals surface area contributed by atoms with Crippen LogP contribution in [0.25, 0.3) is 0 Å². The molecule has 3 unspecified atom stereocenters. The highest BCUT2D eigenvalue weighted by Crippen LogP contribution is 2.48. The predicted molar refractivity (Wildman–Crippen MR) is 75.4 cm³/mol. The lowest BCUT2D eigenvalue weighted by atomic mass is 9.89. The summed E-state index contributed by atoms with van der Waals surface area (Å²) >= 11 is 0. The van der Waals surface area contributed by atoms with E-state index in [4.69, 9.17) is 5.73 Å². The fourth-order valence-corrected chi connectivity index (χ4v) is 4.32. The molecular formula is C15H27N3. The van der Waals surface area contributed by atoms with Crippen LogP contribution in [0.15, 0.2) is 4.99 Å². The van der Waals surface area contributed by atoms with Crippen LogP contribution in [0.3, 0.4) is 0 Å². The molecule has 3 saturated carbocycles. The van der Waals surface area contributed by atoms with E-state index >= 15 is 0 Å². The summed E-state index contributed by atoms with van der Waals surface area (Å²) in [5, 5.41) is 3.41. The lowest BCUT2D eigenvalue weighted by Gasteiger charge is -2.24. The molecule has 18 heavy (non-hydrogen) atoms. The van der Waals surface area contributed by atoms with Gasteiger partial charge in [-0.25, -0.2) is 0 Å². The van der Waals surface area contributed by atoms with Gasteiger partial charge in [0.15, 0.2) is 5.96 Å². The second-order valence-corrected chi connectivity index (χ2v) is 6.64. The van der Waals surface area contributed by atoms with Crippen molar-refractivity contribution in [3.05, 3.63) is 0 Å². The number of guanidine groups is 1. The zero-order chi connectivity index (χ0) is 12.4. The average Bonchev–Trinajstić information content (AvgIpc) is 3.00. The van der Waals surface area contributed by atoms with Crippen molar-refractivity contribution in [1.29, 1.82) is 0 Å². The van der Waals surface area contributed by atoms with Crippen molar-refractivity contribution < 1.29 is 0 Å². The molecule has 0 spiro atoms.